The molecule has 0 amide bonds. The van der Waals surface area contributed by atoms with Gasteiger partial charge in [0.2, 0.25) is 0 Å². The molecule has 1 aliphatic carbocycles. The number of hydrogen-bond donors (Lipinski definition) is 2. The van der Waals surface area contributed by atoms with Gasteiger partial charge in [0.05, 0.1) is 10.6 Å². The van der Waals surface area contributed by atoms with E-state index in [2.05, 4.69) is 12.2 Å². The summed E-state index contributed by atoms with van der Waals surface area (Å²) in [6, 6.07) is 5.27. The molecule has 0 atom stereocenters. The van der Waals surface area contributed by atoms with Crippen molar-refractivity contribution in [3.63, 3.8) is 0 Å². The number of aliphatic hydroxyl groups is 1. The quantitative estimate of drug-likeness (QED) is 0.890. The maximum atomic E-state index is 13.4. The lowest BCUT2D eigenvalue weighted by molar-refractivity contribution is -0.00297. The molecule has 0 heterocycles. The Morgan fingerprint density at radius 1 is 1.42 bits per heavy atom. The molecule has 0 radical (unpaired) electrons. The third-order valence-electron chi connectivity index (χ3n) is 3.96. The molecule has 2 N–H and O–H groups in total. The maximum Gasteiger partial charge on any atom is 0.142 e. The molecule has 1 aromatic carbocycles. The summed E-state index contributed by atoms with van der Waals surface area (Å²) in [4.78, 5) is 0. The summed E-state index contributed by atoms with van der Waals surface area (Å²) in [6.45, 7) is 3.05. The lowest BCUT2D eigenvalue weighted by Crippen LogP contribution is -2.42. The summed E-state index contributed by atoms with van der Waals surface area (Å²) in [5.41, 5.74) is -0.0466. The van der Waals surface area contributed by atoms with E-state index in [9.17, 15) is 9.50 Å². The Balaban J connectivity index is 2.01. The lowest BCUT2D eigenvalue weighted by atomic mass is 9.78. The van der Waals surface area contributed by atoms with Crippen LogP contribution >= 0.6 is 11.6 Å². The fraction of sp³-hybridized carbons (Fsp3) is 0.600. The van der Waals surface area contributed by atoms with Crippen molar-refractivity contribution in [1.29, 1.82) is 0 Å². The van der Waals surface area contributed by atoms with Crippen LogP contribution in [0, 0.1) is 5.82 Å². The molecule has 0 aromatic heterocycles. The van der Waals surface area contributed by atoms with Gasteiger partial charge in [0, 0.05) is 12.5 Å². The molecular formula is C15H21ClFNO. The van der Waals surface area contributed by atoms with Gasteiger partial charge >= 0.3 is 0 Å². The van der Waals surface area contributed by atoms with E-state index in [0.717, 1.165) is 32.2 Å². The second kappa shape index (κ2) is 6.21. The van der Waals surface area contributed by atoms with E-state index < -0.39 is 11.4 Å². The Labute approximate surface area is 119 Å². The minimum Gasteiger partial charge on any atom is -0.390 e. The maximum absolute atomic E-state index is 13.4. The molecular weight excluding hydrogens is 265 g/mol. The van der Waals surface area contributed by atoms with Gasteiger partial charge in [-0.1, -0.05) is 30.7 Å². The molecule has 19 heavy (non-hydrogen) atoms. The second-order valence-electron chi connectivity index (χ2n) is 5.45. The fourth-order valence-electron chi connectivity index (χ4n) is 2.86. The zero-order valence-corrected chi connectivity index (χ0v) is 12.0. The van der Waals surface area contributed by atoms with Gasteiger partial charge in [-0.3, -0.25) is 0 Å². The van der Waals surface area contributed by atoms with Gasteiger partial charge in [-0.05, 0) is 43.9 Å². The van der Waals surface area contributed by atoms with E-state index in [-0.39, 0.29) is 5.02 Å². The summed E-state index contributed by atoms with van der Waals surface area (Å²) in [7, 11) is 0. The zero-order chi connectivity index (χ0) is 13.9. The molecule has 1 aromatic rings. The third-order valence-corrected chi connectivity index (χ3v) is 4.38. The van der Waals surface area contributed by atoms with Gasteiger partial charge in [0.25, 0.3) is 0 Å². The molecule has 0 spiro atoms. The number of hydrogen-bond acceptors (Lipinski definition) is 2. The van der Waals surface area contributed by atoms with Crippen LogP contribution < -0.4 is 5.32 Å². The van der Waals surface area contributed by atoms with Crippen LogP contribution in [0.4, 0.5) is 4.39 Å². The Bertz CT molecular complexity index is 430. The van der Waals surface area contributed by atoms with Crippen molar-refractivity contribution < 1.29 is 9.50 Å². The molecule has 2 rings (SSSR count). The SMILES string of the molecule is CCNC1CCC(O)(Cc2cccc(F)c2Cl)CC1. The number of nitrogens with one attached hydrogen (secondary N) is 1. The molecule has 2 nitrogen and oxygen atoms in total. The topological polar surface area (TPSA) is 32.3 Å². The van der Waals surface area contributed by atoms with Crippen LogP contribution in [0.3, 0.4) is 0 Å². The first-order valence-electron chi connectivity index (χ1n) is 6.93. The van der Waals surface area contributed by atoms with E-state index in [1.54, 1.807) is 12.1 Å². The first-order chi connectivity index (χ1) is 9.04. The lowest BCUT2D eigenvalue weighted by Gasteiger charge is -2.36. The van der Waals surface area contributed by atoms with Gasteiger partial charge in [-0.15, -0.1) is 0 Å². The van der Waals surface area contributed by atoms with Crippen molar-refractivity contribution in [3.05, 3.63) is 34.6 Å². The van der Waals surface area contributed by atoms with Crippen LogP contribution in [-0.2, 0) is 6.42 Å². The number of rotatable bonds is 4. The van der Waals surface area contributed by atoms with E-state index in [4.69, 9.17) is 11.6 Å². The van der Waals surface area contributed by atoms with Crippen LogP contribution in [0.15, 0.2) is 18.2 Å². The molecule has 1 saturated carbocycles. The third kappa shape index (κ3) is 3.68. The molecule has 0 unspecified atom stereocenters. The zero-order valence-electron chi connectivity index (χ0n) is 11.3. The first kappa shape index (κ1) is 14.8. The van der Waals surface area contributed by atoms with Crippen LogP contribution in [0.1, 0.15) is 38.2 Å². The minimum atomic E-state index is -0.747. The van der Waals surface area contributed by atoms with Crippen LogP contribution in [-0.4, -0.2) is 23.3 Å². The Morgan fingerprint density at radius 2 is 2.11 bits per heavy atom. The van der Waals surface area contributed by atoms with E-state index in [1.807, 2.05) is 0 Å². The molecule has 4 heteroatoms. The van der Waals surface area contributed by atoms with Crippen molar-refractivity contribution in [2.24, 2.45) is 0 Å². The summed E-state index contributed by atoms with van der Waals surface area (Å²) in [5.74, 6) is -0.413. The molecule has 106 valence electrons. The smallest absolute Gasteiger partial charge is 0.142 e. The summed E-state index contributed by atoms with van der Waals surface area (Å²) in [6.07, 6.45) is 3.81. The highest BCUT2D eigenvalue weighted by molar-refractivity contribution is 6.31. The van der Waals surface area contributed by atoms with E-state index >= 15 is 0 Å². The normalized spacial score (nSPS) is 27.5. The Morgan fingerprint density at radius 3 is 2.74 bits per heavy atom. The predicted molar refractivity (Wildman–Crippen MR) is 76.0 cm³/mol. The first-order valence-corrected chi connectivity index (χ1v) is 7.30. The van der Waals surface area contributed by atoms with Crippen molar-refractivity contribution >= 4 is 11.6 Å². The highest BCUT2D eigenvalue weighted by Crippen LogP contribution is 2.33. The average molecular weight is 286 g/mol. The molecule has 0 saturated heterocycles. The monoisotopic (exact) mass is 285 g/mol. The standard InChI is InChI=1S/C15H21ClFNO/c1-2-18-12-6-8-15(19,9-7-12)10-11-4-3-5-13(17)14(11)16/h3-5,12,18-19H,2,6-10H2,1H3. The second-order valence-corrected chi connectivity index (χ2v) is 5.82. The van der Waals surface area contributed by atoms with E-state index in [1.165, 1.54) is 6.07 Å². The predicted octanol–water partition coefficient (Wildman–Crippen LogP) is 3.30. The Kier molecular flexibility index (Phi) is 4.82. The fourth-order valence-corrected chi connectivity index (χ4v) is 3.06. The van der Waals surface area contributed by atoms with Gasteiger partial charge < -0.3 is 10.4 Å². The number of benzene rings is 1. The number of halogens is 2. The molecule has 1 aliphatic rings. The van der Waals surface area contributed by atoms with Crippen molar-refractivity contribution in [2.75, 3.05) is 6.54 Å². The average Bonchev–Trinajstić information content (AvgIpc) is 2.38. The molecule has 0 bridgehead atoms. The minimum absolute atomic E-state index is 0.143. The van der Waals surface area contributed by atoms with Crippen LogP contribution in [0.5, 0.6) is 0 Å². The van der Waals surface area contributed by atoms with E-state index in [0.29, 0.717) is 18.0 Å². The summed E-state index contributed by atoms with van der Waals surface area (Å²) >= 11 is 5.95. The van der Waals surface area contributed by atoms with Crippen molar-refractivity contribution in [3.8, 4) is 0 Å². The van der Waals surface area contributed by atoms with Gasteiger partial charge in [-0.25, -0.2) is 4.39 Å². The van der Waals surface area contributed by atoms with Crippen LogP contribution in [0.25, 0.3) is 0 Å². The van der Waals surface area contributed by atoms with Gasteiger partial charge in [0.15, 0.2) is 0 Å². The van der Waals surface area contributed by atoms with Crippen molar-refractivity contribution in [2.45, 2.75) is 50.7 Å². The Hall–Kier alpha value is -0.640. The summed E-state index contributed by atoms with van der Waals surface area (Å²) in [5, 5.41) is 14.2. The highest BCUT2D eigenvalue weighted by atomic mass is 35.5. The highest BCUT2D eigenvalue weighted by Gasteiger charge is 2.33. The van der Waals surface area contributed by atoms with Gasteiger partial charge in [-0.2, -0.15) is 0 Å². The van der Waals surface area contributed by atoms with Crippen LogP contribution in [0.2, 0.25) is 5.02 Å². The molecule has 0 aliphatic heterocycles. The van der Waals surface area contributed by atoms with Crippen molar-refractivity contribution in [1.82, 2.24) is 5.32 Å². The molecule has 1 fully saturated rings. The summed E-state index contributed by atoms with van der Waals surface area (Å²) < 4.78 is 13.4. The van der Waals surface area contributed by atoms with Gasteiger partial charge in [0.1, 0.15) is 5.82 Å². The largest absolute Gasteiger partial charge is 0.390 e.